The van der Waals surface area contributed by atoms with Gasteiger partial charge in [-0.2, -0.15) is 0 Å². The number of halogens is 1. The van der Waals surface area contributed by atoms with E-state index >= 15 is 0 Å². The second kappa shape index (κ2) is 8.78. The molecule has 138 valence electrons. The van der Waals surface area contributed by atoms with E-state index in [-0.39, 0.29) is 42.3 Å². The molecular weight excluding hydrogens is 354 g/mol. The maximum absolute atomic E-state index is 12.6. The monoisotopic (exact) mass is 375 g/mol. The molecule has 0 aliphatic carbocycles. The second-order valence-electron chi connectivity index (χ2n) is 6.41. The van der Waals surface area contributed by atoms with Crippen LogP contribution < -0.4 is 5.73 Å². The molecule has 0 unspecified atom stereocenters. The number of likely N-dealkylation sites (tertiary alicyclic amines) is 1. The largest absolute Gasteiger partial charge is 0.341 e. The van der Waals surface area contributed by atoms with Crippen LogP contribution in [-0.4, -0.2) is 35.4 Å². The third kappa shape index (κ3) is 4.39. The van der Waals surface area contributed by atoms with Gasteiger partial charge in [-0.1, -0.05) is 42.5 Å². The van der Waals surface area contributed by atoms with E-state index in [1.54, 1.807) is 12.1 Å². The predicted octanol–water partition coefficient (Wildman–Crippen LogP) is 2.76. The molecule has 2 N–H and O–H groups in total. The Bertz CT molecular complexity index is 752. The van der Waals surface area contributed by atoms with Gasteiger partial charge in [0.25, 0.3) is 5.69 Å². The number of carbonyl (C=O) groups excluding carboxylic acids is 1. The molecule has 0 radical (unpaired) electrons. The maximum atomic E-state index is 12.6. The zero-order chi connectivity index (χ0) is 17.8. The summed E-state index contributed by atoms with van der Waals surface area (Å²) in [6.45, 7) is 1.86. The molecule has 26 heavy (non-hydrogen) atoms. The molecule has 1 aliphatic heterocycles. The first-order valence-corrected chi connectivity index (χ1v) is 8.34. The SMILES string of the molecule is Cl.NC[C@@H]1CN(C(=O)Cc2ccc([N+](=O)[O-])cc2)C[C@H]1c1ccccc1. The van der Waals surface area contributed by atoms with Gasteiger partial charge in [0, 0.05) is 31.1 Å². The van der Waals surface area contributed by atoms with Gasteiger partial charge < -0.3 is 10.6 Å². The van der Waals surface area contributed by atoms with E-state index in [0.717, 1.165) is 5.56 Å². The quantitative estimate of drug-likeness (QED) is 0.642. The molecule has 1 aliphatic rings. The van der Waals surface area contributed by atoms with Crippen LogP contribution in [0.4, 0.5) is 5.69 Å². The highest BCUT2D eigenvalue weighted by molar-refractivity contribution is 5.85. The lowest BCUT2D eigenvalue weighted by molar-refractivity contribution is -0.384. The Kier molecular flexibility index (Phi) is 6.71. The van der Waals surface area contributed by atoms with E-state index in [0.29, 0.717) is 19.6 Å². The molecule has 6 nitrogen and oxygen atoms in total. The van der Waals surface area contributed by atoms with Crippen LogP contribution in [0.25, 0.3) is 0 Å². The summed E-state index contributed by atoms with van der Waals surface area (Å²) < 4.78 is 0. The van der Waals surface area contributed by atoms with Crippen molar-refractivity contribution in [1.82, 2.24) is 4.90 Å². The molecule has 7 heteroatoms. The Morgan fingerprint density at radius 1 is 1.12 bits per heavy atom. The summed E-state index contributed by atoms with van der Waals surface area (Å²) in [4.78, 5) is 24.7. The number of nitrogens with zero attached hydrogens (tertiary/aromatic N) is 2. The summed E-state index contributed by atoms with van der Waals surface area (Å²) in [5, 5.41) is 10.7. The average molecular weight is 376 g/mol. The number of hydrogen-bond donors (Lipinski definition) is 1. The smallest absolute Gasteiger partial charge is 0.269 e. The summed E-state index contributed by atoms with van der Waals surface area (Å²) in [5.41, 5.74) is 7.94. The number of non-ortho nitro benzene ring substituents is 1. The van der Waals surface area contributed by atoms with Crippen LogP contribution in [0.2, 0.25) is 0 Å². The Labute approximate surface area is 158 Å². The van der Waals surface area contributed by atoms with E-state index in [1.807, 2.05) is 23.1 Å². The third-order valence-corrected chi connectivity index (χ3v) is 4.83. The van der Waals surface area contributed by atoms with Gasteiger partial charge in [0.15, 0.2) is 0 Å². The van der Waals surface area contributed by atoms with Gasteiger partial charge in [0.2, 0.25) is 5.91 Å². The van der Waals surface area contributed by atoms with Crippen molar-refractivity contribution < 1.29 is 9.72 Å². The van der Waals surface area contributed by atoms with Gasteiger partial charge in [-0.05, 0) is 23.6 Å². The Hall–Kier alpha value is -2.44. The Morgan fingerprint density at radius 2 is 1.77 bits per heavy atom. The van der Waals surface area contributed by atoms with Crippen LogP contribution in [0.15, 0.2) is 54.6 Å². The molecule has 2 aromatic rings. The number of benzene rings is 2. The summed E-state index contributed by atoms with van der Waals surface area (Å²) in [5.74, 6) is 0.543. The maximum Gasteiger partial charge on any atom is 0.269 e. The van der Waals surface area contributed by atoms with Crippen molar-refractivity contribution in [3.05, 3.63) is 75.8 Å². The average Bonchev–Trinajstić information content (AvgIpc) is 3.07. The predicted molar refractivity (Wildman–Crippen MR) is 102 cm³/mol. The molecule has 1 heterocycles. The standard InChI is InChI=1S/C19H21N3O3.ClH/c20-11-16-12-21(13-18(16)15-4-2-1-3-5-15)19(23)10-14-6-8-17(9-7-14)22(24)25;/h1-9,16,18H,10-13,20H2;1H/t16-,18+;/m1./s1. The molecule has 1 saturated heterocycles. The Morgan fingerprint density at radius 3 is 2.35 bits per heavy atom. The van der Waals surface area contributed by atoms with Gasteiger partial charge >= 0.3 is 0 Å². The first-order valence-electron chi connectivity index (χ1n) is 8.34. The van der Waals surface area contributed by atoms with E-state index in [2.05, 4.69) is 12.1 Å². The zero-order valence-electron chi connectivity index (χ0n) is 14.3. The van der Waals surface area contributed by atoms with Crippen LogP contribution in [0.5, 0.6) is 0 Å². The summed E-state index contributed by atoms with van der Waals surface area (Å²) in [6.07, 6.45) is 0.247. The first-order chi connectivity index (χ1) is 12.1. The van der Waals surface area contributed by atoms with Crippen molar-refractivity contribution in [1.29, 1.82) is 0 Å². The van der Waals surface area contributed by atoms with Crippen molar-refractivity contribution in [2.75, 3.05) is 19.6 Å². The van der Waals surface area contributed by atoms with Gasteiger partial charge in [0.05, 0.1) is 11.3 Å². The zero-order valence-corrected chi connectivity index (χ0v) is 15.1. The van der Waals surface area contributed by atoms with Crippen molar-refractivity contribution in [2.24, 2.45) is 11.7 Å². The highest BCUT2D eigenvalue weighted by Gasteiger charge is 2.35. The second-order valence-corrected chi connectivity index (χ2v) is 6.41. The number of nitro benzene ring substituents is 1. The molecule has 0 spiro atoms. The van der Waals surface area contributed by atoms with Crippen LogP contribution in [0.1, 0.15) is 17.0 Å². The lowest BCUT2D eigenvalue weighted by atomic mass is 9.89. The minimum atomic E-state index is -0.442. The summed E-state index contributed by atoms with van der Waals surface area (Å²) in [7, 11) is 0. The number of hydrogen-bond acceptors (Lipinski definition) is 4. The van der Waals surface area contributed by atoms with Gasteiger partial charge in [-0.3, -0.25) is 14.9 Å². The highest BCUT2D eigenvalue weighted by Crippen LogP contribution is 2.32. The minimum Gasteiger partial charge on any atom is -0.341 e. The normalized spacial score (nSPS) is 19.0. The van der Waals surface area contributed by atoms with E-state index in [4.69, 9.17) is 5.73 Å². The topological polar surface area (TPSA) is 89.5 Å². The third-order valence-electron chi connectivity index (χ3n) is 4.83. The molecule has 3 rings (SSSR count). The van der Waals surface area contributed by atoms with E-state index < -0.39 is 4.92 Å². The fourth-order valence-electron chi connectivity index (χ4n) is 3.41. The van der Waals surface area contributed by atoms with E-state index in [9.17, 15) is 14.9 Å². The van der Waals surface area contributed by atoms with Gasteiger partial charge in [0.1, 0.15) is 0 Å². The molecule has 0 saturated carbocycles. The van der Waals surface area contributed by atoms with E-state index in [1.165, 1.54) is 17.7 Å². The minimum absolute atomic E-state index is 0. The fourth-order valence-corrected chi connectivity index (χ4v) is 3.41. The van der Waals surface area contributed by atoms with Crippen LogP contribution >= 0.6 is 12.4 Å². The molecule has 2 aromatic carbocycles. The summed E-state index contributed by atoms with van der Waals surface area (Å²) in [6, 6.07) is 16.3. The van der Waals surface area contributed by atoms with Crippen molar-refractivity contribution >= 4 is 24.0 Å². The fraction of sp³-hybridized carbons (Fsp3) is 0.316. The summed E-state index contributed by atoms with van der Waals surface area (Å²) >= 11 is 0. The van der Waals surface area contributed by atoms with Gasteiger partial charge in [-0.25, -0.2) is 0 Å². The first kappa shape index (κ1) is 19.9. The lowest BCUT2D eigenvalue weighted by Gasteiger charge is -2.17. The van der Waals surface area contributed by atoms with Crippen molar-refractivity contribution in [3.63, 3.8) is 0 Å². The number of nitrogens with two attached hydrogens (primary N) is 1. The lowest BCUT2D eigenvalue weighted by Crippen LogP contribution is -2.31. The van der Waals surface area contributed by atoms with Gasteiger partial charge in [-0.15, -0.1) is 12.4 Å². The Balaban J connectivity index is 0.00000243. The molecule has 1 fully saturated rings. The molecular formula is C19H22ClN3O3. The molecule has 0 bridgehead atoms. The number of amides is 1. The van der Waals surface area contributed by atoms with Crippen LogP contribution in [0, 0.1) is 16.0 Å². The molecule has 0 aromatic heterocycles. The van der Waals surface area contributed by atoms with Crippen LogP contribution in [0.3, 0.4) is 0 Å². The number of carbonyl (C=O) groups is 1. The molecule has 1 amide bonds. The number of rotatable bonds is 5. The van der Waals surface area contributed by atoms with Crippen LogP contribution in [-0.2, 0) is 11.2 Å². The molecule has 2 atom stereocenters. The van der Waals surface area contributed by atoms with Crippen molar-refractivity contribution in [3.8, 4) is 0 Å². The van der Waals surface area contributed by atoms with Crippen molar-refractivity contribution in [2.45, 2.75) is 12.3 Å². The number of nitro groups is 1. The highest BCUT2D eigenvalue weighted by atomic mass is 35.5.